The van der Waals surface area contributed by atoms with E-state index in [-0.39, 0.29) is 24.3 Å². The first kappa shape index (κ1) is 17.4. The predicted molar refractivity (Wildman–Crippen MR) is 80.3 cm³/mol. The lowest BCUT2D eigenvalue weighted by molar-refractivity contribution is -0.129. The van der Waals surface area contributed by atoms with Crippen molar-refractivity contribution in [3.8, 4) is 6.07 Å². The van der Waals surface area contributed by atoms with Gasteiger partial charge in [-0.25, -0.2) is 0 Å². The SMILES string of the molecule is CC(C)[C@](C)(C#N)NC(=O)[C@@H](C)N(C)CC(=O)NC1CC1. The monoisotopic (exact) mass is 294 g/mol. The van der Waals surface area contributed by atoms with Gasteiger partial charge in [0.1, 0.15) is 5.54 Å². The highest BCUT2D eigenvalue weighted by Crippen LogP contribution is 2.18. The van der Waals surface area contributed by atoms with Crippen molar-refractivity contribution < 1.29 is 9.59 Å². The Morgan fingerprint density at radius 1 is 1.38 bits per heavy atom. The van der Waals surface area contributed by atoms with E-state index in [0.29, 0.717) is 6.04 Å². The van der Waals surface area contributed by atoms with E-state index in [1.165, 1.54) is 0 Å². The van der Waals surface area contributed by atoms with Gasteiger partial charge in [-0.2, -0.15) is 5.26 Å². The summed E-state index contributed by atoms with van der Waals surface area (Å²) in [6.07, 6.45) is 2.08. The first-order chi connectivity index (χ1) is 9.69. The summed E-state index contributed by atoms with van der Waals surface area (Å²) in [6, 6.07) is 1.99. The molecule has 0 heterocycles. The third kappa shape index (κ3) is 5.01. The van der Waals surface area contributed by atoms with Crippen molar-refractivity contribution in [1.82, 2.24) is 15.5 Å². The number of amides is 2. The number of carbonyl (C=O) groups is 2. The molecule has 1 fully saturated rings. The van der Waals surface area contributed by atoms with Crippen molar-refractivity contribution in [3.63, 3.8) is 0 Å². The molecule has 1 aliphatic rings. The molecule has 6 nitrogen and oxygen atoms in total. The molecule has 0 radical (unpaired) electrons. The fourth-order valence-corrected chi connectivity index (χ4v) is 1.73. The average Bonchev–Trinajstić information content (AvgIpc) is 3.20. The minimum absolute atomic E-state index is 0.00196. The van der Waals surface area contributed by atoms with E-state index in [4.69, 9.17) is 0 Å². The smallest absolute Gasteiger partial charge is 0.238 e. The Morgan fingerprint density at radius 3 is 2.38 bits per heavy atom. The van der Waals surface area contributed by atoms with Crippen LogP contribution in [0, 0.1) is 17.2 Å². The van der Waals surface area contributed by atoms with Crippen LogP contribution in [0.5, 0.6) is 0 Å². The van der Waals surface area contributed by atoms with Crippen LogP contribution in [-0.2, 0) is 9.59 Å². The van der Waals surface area contributed by atoms with Crippen LogP contribution in [0.4, 0.5) is 0 Å². The van der Waals surface area contributed by atoms with E-state index < -0.39 is 11.6 Å². The lowest BCUT2D eigenvalue weighted by Gasteiger charge is -2.31. The van der Waals surface area contributed by atoms with E-state index in [0.717, 1.165) is 12.8 Å². The molecule has 6 heteroatoms. The molecule has 2 atom stereocenters. The molecule has 1 saturated carbocycles. The molecule has 0 aromatic carbocycles. The third-order valence-electron chi connectivity index (χ3n) is 4.15. The van der Waals surface area contributed by atoms with E-state index >= 15 is 0 Å². The lowest BCUT2D eigenvalue weighted by Crippen LogP contribution is -2.55. The molecule has 0 aromatic rings. The van der Waals surface area contributed by atoms with Gasteiger partial charge in [0.2, 0.25) is 11.8 Å². The van der Waals surface area contributed by atoms with Crippen LogP contribution in [0.2, 0.25) is 0 Å². The number of hydrogen-bond acceptors (Lipinski definition) is 4. The molecule has 0 aliphatic heterocycles. The second-order valence-electron chi connectivity index (χ2n) is 6.39. The number of rotatable bonds is 7. The summed E-state index contributed by atoms with van der Waals surface area (Å²) in [5.74, 6) is -0.303. The maximum Gasteiger partial charge on any atom is 0.238 e. The van der Waals surface area contributed by atoms with Gasteiger partial charge in [-0.05, 0) is 39.7 Å². The number of hydrogen-bond donors (Lipinski definition) is 2. The largest absolute Gasteiger partial charge is 0.352 e. The first-order valence-corrected chi connectivity index (χ1v) is 7.42. The lowest BCUT2D eigenvalue weighted by atomic mass is 9.90. The van der Waals surface area contributed by atoms with Crippen LogP contribution in [0.3, 0.4) is 0 Å². The zero-order valence-electron chi connectivity index (χ0n) is 13.6. The van der Waals surface area contributed by atoms with Gasteiger partial charge in [-0.15, -0.1) is 0 Å². The van der Waals surface area contributed by atoms with Crippen LogP contribution < -0.4 is 10.6 Å². The van der Waals surface area contributed by atoms with Gasteiger partial charge < -0.3 is 10.6 Å². The Labute approximate surface area is 126 Å². The zero-order valence-corrected chi connectivity index (χ0v) is 13.6. The number of nitrogens with one attached hydrogen (secondary N) is 2. The van der Waals surface area contributed by atoms with Crippen LogP contribution in [0.15, 0.2) is 0 Å². The topological polar surface area (TPSA) is 85.2 Å². The fourth-order valence-electron chi connectivity index (χ4n) is 1.73. The maximum absolute atomic E-state index is 12.2. The standard InChI is InChI=1S/C15H26N4O2/c1-10(2)15(4,9-16)18-14(21)11(3)19(5)8-13(20)17-12-6-7-12/h10-12H,6-8H2,1-5H3,(H,17,20)(H,18,21)/t11-,15+/m1/s1. The van der Waals surface area contributed by atoms with Crippen LogP contribution in [0.1, 0.15) is 40.5 Å². The molecule has 0 saturated heterocycles. The van der Waals surface area contributed by atoms with Crippen LogP contribution in [-0.4, -0.2) is 47.9 Å². The predicted octanol–water partition coefficient (Wildman–Crippen LogP) is 0.640. The summed E-state index contributed by atoms with van der Waals surface area (Å²) in [5, 5.41) is 14.9. The highest BCUT2D eigenvalue weighted by atomic mass is 16.2. The van der Waals surface area contributed by atoms with Crippen molar-refractivity contribution in [1.29, 1.82) is 5.26 Å². The number of nitriles is 1. The molecule has 2 amide bonds. The molecule has 0 unspecified atom stereocenters. The average molecular weight is 294 g/mol. The molecular formula is C15H26N4O2. The van der Waals surface area contributed by atoms with E-state index in [2.05, 4.69) is 16.7 Å². The second-order valence-corrected chi connectivity index (χ2v) is 6.39. The van der Waals surface area contributed by atoms with E-state index in [1.54, 1.807) is 25.8 Å². The van der Waals surface area contributed by atoms with Gasteiger partial charge in [-0.1, -0.05) is 13.8 Å². The van der Waals surface area contributed by atoms with Crippen LogP contribution in [0.25, 0.3) is 0 Å². The minimum Gasteiger partial charge on any atom is -0.352 e. The summed E-state index contributed by atoms with van der Waals surface area (Å²) in [5.41, 5.74) is -0.900. The molecule has 1 aliphatic carbocycles. The van der Waals surface area contributed by atoms with Gasteiger partial charge in [0.25, 0.3) is 0 Å². The minimum atomic E-state index is -0.900. The molecule has 2 N–H and O–H groups in total. The summed E-state index contributed by atoms with van der Waals surface area (Å²) >= 11 is 0. The van der Waals surface area contributed by atoms with Crippen molar-refractivity contribution >= 4 is 11.8 Å². The molecule has 118 valence electrons. The van der Waals surface area contributed by atoms with Crippen molar-refractivity contribution in [3.05, 3.63) is 0 Å². The summed E-state index contributed by atoms with van der Waals surface area (Å²) in [7, 11) is 1.73. The van der Waals surface area contributed by atoms with Crippen LogP contribution >= 0.6 is 0 Å². The number of carbonyl (C=O) groups excluding carboxylic acids is 2. The maximum atomic E-state index is 12.2. The molecule has 0 aromatic heterocycles. The Bertz CT molecular complexity index is 439. The summed E-state index contributed by atoms with van der Waals surface area (Å²) in [6.45, 7) is 7.40. The molecule has 21 heavy (non-hydrogen) atoms. The number of nitrogens with zero attached hydrogens (tertiary/aromatic N) is 2. The van der Waals surface area contributed by atoms with Gasteiger partial charge in [0.15, 0.2) is 0 Å². The summed E-state index contributed by atoms with van der Waals surface area (Å²) < 4.78 is 0. The van der Waals surface area contributed by atoms with Gasteiger partial charge in [0, 0.05) is 6.04 Å². The summed E-state index contributed by atoms with van der Waals surface area (Å²) in [4.78, 5) is 25.7. The van der Waals surface area contributed by atoms with Gasteiger partial charge >= 0.3 is 0 Å². The Hall–Kier alpha value is -1.61. The second kappa shape index (κ2) is 6.90. The first-order valence-electron chi connectivity index (χ1n) is 7.42. The highest BCUT2D eigenvalue weighted by molar-refractivity contribution is 5.84. The number of likely N-dealkylation sites (N-methyl/N-ethyl adjacent to an activating group) is 1. The quantitative estimate of drug-likeness (QED) is 0.721. The molecule has 0 bridgehead atoms. The normalized spacial score (nSPS) is 18.8. The molecule has 0 spiro atoms. The Balaban J connectivity index is 2.52. The van der Waals surface area contributed by atoms with E-state index in [1.807, 2.05) is 13.8 Å². The Kier molecular flexibility index (Phi) is 5.73. The Morgan fingerprint density at radius 2 is 1.95 bits per heavy atom. The molecule has 1 rings (SSSR count). The van der Waals surface area contributed by atoms with Gasteiger partial charge in [-0.3, -0.25) is 14.5 Å². The molecular weight excluding hydrogens is 268 g/mol. The highest BCUT2D eigenvalue weighted by Gasteiger charge is 2.33. The zero-order chi connectivity index (χ0) is 16.2. The third-order valence-corrected chi connectivity index (χ3v) is 4.15. The van der Waals surface area contributed by atoms with Crippen molar-refractivity contribution in [2.24, 2.45) is 5.92 Å². The van der Waals surface area contributed by atoms with Gasteiger partial charge in [0.05, 0.1) is 18.7 Å². The fraction of sp³-hybridized carbons (Fsp3) is 0.800. The van der Waals surface area contributed by atoms with Crippen molar-refractivity contribution in [2.75, 3.05) is 13.6 Å². The van der Waals surface area contributed by atoms with E-state index in [9.17, 15) is 14.9 Å². The van der Waals surface area contributed by atoms with Crippen molar-refractivity contribution in [2.45, 2.75) is 58.2 Å².